The molecular weight excluding hydrogens is 276 g/mol. The fraction of sp³-hybridized carbons (Fsp3) is 0.312. The molecule has 0 bridgehead atoms. The standard InChI is InChI=1S/C16H20N6/c1-12-18-19-16-9-8-15(20-22(12)16)17-11-10-13-4-6-14(7-5-13)21(2)3/h4-9H,10-11H2,1-3H3,(H,17,20). The Kier molecular flexibility index (Phi) is 3.91. The number of benzene rings is 1. The molecule has 114 valence electrons. The Morgan fingerprint density at radius 3 is 2.55 bits per heavy atom. The zero-order valence-electron chi connectivity index (χ0n) is 13.1. The van der Waals surface area contributed by atoms with E-state index in [1.54, 1.807) is 4.52 Å². The lowest BCUT2D eigenvalue weighted by Crippen LogP contribution is -2.10. The van der Waals surface area contributed by atoms with Gasteiger partial charge in [0, 0.05) is 26.3 Å². The molecule has 0 saturated heterocycles. The lowest BCUT2D eigenvalue weighted by atomic mass is 10.1. The highest BCUT2D eigenvalue weighted by Gasteiger charge is 2.03. The maximum Gasteiger partial charge on any atom is 0.178 e. The number of anilines is 2. The quantitative estimate of drug-likeness (QED) is 0.782. The first-order valence-electron chi connectivity index (χ1n) is 7.33. The van der Waals surface area contributed by atoms with Gasteiger partial charge in [-0.3, -0.25) is 0 Å². The molecule has 6 heteroatoms. The van der Waals surface area contributed by atoms with Gasteiger partial charge in [0.2, 0.25) is 0 Å². The van der Waals surface area contributed by atoms with E-state index in [0.29, 0.717) is 0 Å². The summed E-state index contributed by atoms with van der Waals surface area (Å²) >= 11 is 0. The molecule has 0 atom stereocenters. The summed E-state index contributed by atoms with van der Waals surface area (Å²) in [6, 6.07) is 12.5. The smallest absolute Gasteiger partial charge is 0.178 e. The number of rotatable bonds is 5. The van der Waals surface area contributed by atoms with E-state index in [4.69, 9.17) is 0 Å². The van der Waals surface area contributed by atoms with Crippen LogP contribution in [0.4, 0.5) is 11.5 Å². The zero-order valence-corrected chi connectivity index (χ0v) is 13.1. The predicted molar refractivity (Wildman–Crippen MR) is 88.5 cm³/mol. The van der Waals surface area contributed by atoms with Crippen LogP contribution in [0, 0.1) is 6.92 Å². The number of aryl methyl sites for hydroxylation is 1. The summed E-state index contributed by atoms with van der Waals surface area (Å²) in [7, 11) is 4.09. The average molecular weight is 296 g/mol. The van der Waals surface area contributed by atoms with Crippen LogP contribution in [-0.2, 0) is 6.42 Å². The van der Waals surface area contributed by atoms with E-state index in [0.717, 1.165) is 30.3 Å². The van der Waals surface area contributed by atoms with E-state index in [-0.39, 0.29) is 0 Å². The Hall–Kier alpha value is -2.63. The largest absolute Gasteiger partial charge is 0.378 e. The summed E-state index contributed by atoms with van der Waals surface area (Å²) in [5.41, 5.74) is 3.29. The van der Waals surface area contributed by atoms with E-state index >= 15 is 0 Å². The lowest BCUT2D eigenvalue weighted by molar-refractivity contribution is 0.867. The highest BCUT2D eigenvalue weighted by atomic mass is 15.4. The summed E-state index contributed by atoms with van der Waals surface area (Å²) in [5, 5.41) is 15.9. The van der Waals surface area contributed by atoms with E-state index in [2.05, 4.69) is 49.8 Å². The summed E-state index contributed by atoms with van der Waals surface area (Å²) in [5.74, 6) is 1.62. The van der Waals surface area contributed by atoms with Crippen molar-refractivity contribution in [2.24, 2.45) is 0 Å². The Balaban J connectivity index is 1.60. The molecular formula is C16H20N6. The van der Waals surface area contributed by atoms with Crippen LogP contribution in [0.3, 0.4) is 0 Å². The Labute approximate surface area is 129 Å². The molecule has 3 aromatic rings. The van der Waals surface area contributed by atoms with Crippen molar-refractivity contribution in [3.05, 3.63) is 47.8 Å². The number of nitrogens with zero attached hydrogens (tertiary/aromatic N) is 5. The van der Waals surface area contributed by atoms with Crippen LogP contribution in [-0.4, -0.2) is 40.5 Å². The molecule has 0 spiro atoms. The van der Waals surface area contributed by atoms with Gasteiger partial charge in [0.25, 0.3) is 0 Å². The van der Waals surface area contributed by atoms with E-state index < -0.39 is 0 Å². The van der Waals surface area contributed by atoms with Gasteiger partial charge in [-0.05, 0) is 43.2 Å². The zero-order chi connectivity index (χ0) is 15.5. The second-order valence-corrected chi connectivity index (χ2v) is 5.47. The van der Waals surface area contributed by atoms with Crippen LogP contribution in [0.15, 0.2) is 36.4 Å². The molecule has 2 heterocycles. The van der Waals surface area contributed by atoms with Gasteiger partial charge in [-0.25, -0.2) is 0 Å². The number of fused-ring (bicyclic) bond motifs is 1. The summed E-state index contributed by atoms with van der Waals surface area (Å²) in [4.78, 5) is 2.10. The molecule has 0 saturated carbocycles. The monoisotopic (exact) mass is 296 g/mol. The Bertz CT molecular complexity index is 760. The van der Waals surface area contributed by atoms with Crippen LogP contribution >= 0.6 is 0 Å². The third-order valence-electron chi connectivity index (χ3n) is 3.59. The number of nitrogens with one attached hydrogen (secondary N) is 1. The topological polar surface area (TPSA) is 58.4 Å². The molecule has 0 aliphatic rings. The van der Waals surface area contributed by atoms with Gasteiger partial charge in [0.05, 0.1) is 0 Å². The van der Waals surface area contributed by atoms with Crippen molar-refractivity contribution in [1.82, 2.24) is 19.8 Å². The van der Waals surface area contributed by atoms with Crippen LogP contribution < -0.4 is 10.2 Å². The average Bonchev–Trinajstić information content (AvgIpc) is 2.89. The first-order valence-corrected chi connectivity index (χ1v) is 7.33. The SMILES string of the molecule is Cc1nnc2ccc(NCCc3ccc(N(C)C)cc3)nn12. The molecule has 0 aliphatic heterocycles. The molecule has 0 radical (unpaired) electrons. The third kappa shape index (κ3) is 3.00. The van der Waals surface area contributed by atoms with Gasteiger partial charge in [0.1, 0.15) is 5.82 Å². The third-order valence-corrected chi connectivity index (χ3v) is 3.59. The van der Waals surface area contributed by atoms with Gasteiger partial charge in [-0.15, -0.1) is 15.3 Å². The molecule has 22 heavy (non-hydrogen) atoms. The maximum atomic E-state index is 4.48. The summed E-state index contributed by atoms with van der Waals surface area (Å²) in [6.45, 7) is 2.73. The molecule has 3 rings (SSSR count). The molecule has 0 fully saturated rings. The van der Waals surface area contributed by atoms with Crippen molar-refractivity contribution < 1.29 is 0 Å². The second kappa shape index (κ2) is 6.01. The van der Waals surface area contributed by atoms with Crippen molar-refractivity contribution in [1.29, 1.82) is 0 Å². The molecule has 0 amide bonds. The normalized spacial score (nSPS) is 10.9. The van der Waals surface area contributed by atoms with Crippen LogP contribution in [0.25, 0.3) is 5.65 Å². The Morgan fingerprint density at radius 1 is 1.05 bits per heavy atom. The number of aromatic nitrogens is 4. The summed E-state index contributed by atoms with van der Waals surface area (Å²) in [6.07, 6.45) is 0.953. The van der Waals surface area contributed by atoms with Gasteiger partial charge in [-0.2, -0.15) is 4.52 Å². The molecule has 2 aromatic heterocycles. The molecule has 0 unspecified atom stereocenters. The molecule has 1 aromatic carbocycles. The second-order valence-electron chi connectivity index (χ2n) is 5.47. The first kappa shape index (κ1) is 14.3. The predicted octanol–water partition coefficient (Wildman–Crippen LogP) is 2.15. The number of hydrogen-bond acceptors (Lipinski definition) is 5. The molecule has 1 N–H and O–H groups in total. The van der Waals surface area contributed by atoms with Crippen molar-refractivity contribution in [2.75, 3.05) is 30.9 Å². The van der Waals surface area contributed by atoms with Crippen molar-refractivity contribution >= 4 is 17.2 Å². The Morgan fingerprint density at radius 2 is 1.82 bits per heavy atom. The minimum absolute atomic E-state index is 0.766. The van der Waals surface area contributed by atoms with Gasteiger partial charge in [0.15, 0.2) is 11.5 Å². The fourth-order valence-electron chi connectivity index (χ4n) is 2.29. The van der Waals surface area contributed by atoms with Gasteiger partial charge < -0.3 is 10.2 Å². The van der Waals surface area contributed by atoms with Crippen molar-refractivity contribution in [3.63, 3.8) is 0 Å². The first-order chi connectivity index (χ1) is 10.6. The molecule has 0 aliphatic carbocycles. The van der Waals surface area contributed by atoms with E-state index in [1.807, 2.05) is 33.2 Å². The van der Waals surface area contributed by atoms with Crippen molar-refractivity contribution in [3.8, 4) is 0 Å². The minimum Gasteiger partial charge on any atom is -0.378 e. The summed E-state index contributed by atoms with van der Waals surface area (Å²) < 4.78 is 1.74. The van der Waals surface area contributed by atoms with Gasteiger partial charge in [-0.1, -0.05) is 12.1 Å². The highest BCUT2D eigenvalue weighted by molar-refractivity contribution is 5.46. The van der Waals surface area contributed by atoms with E-state index in [9.17, 15) is 0 Å². The highest BCUT2D eigenvalue weighted by Crippen LogP contribution is 2.13. The maximum absolute atomic E-state index is 4.48. The van der Waals surface area contributed by atoms with Crippen LogP contribution in [0.2, 0.25) is 0 Å². The van der Waals surface area contributed by atoms with Crippen molar-refractivity contribution in [2.45, 2.75) is 13.3 Å². The lowest BCUT2D eigenvalue weighted by Gasteiger charge is -2.12. The van der Waals surface area contributed by atoms with Gasteiger partial charge >= 0.3 is 0 Å². The van der Waals surface area contributed by atoms with Crippen LogP contribution in [0.1, 0.15) is 11.4 Å². The van der Waals surface area contributed by atoms with Crippen LogP contribution in [0.5, 0.6) is 0 Å². The minimum atomic E-state index is 0.766. The number of hydrogen-bond donors (Lipinski definition) is 1. The fourth-order valence-corrected chi connectivity index (χ4v) is 2.29. The molecule has 6 nitrogen and oxygen atoms in total. The van der Waals surface area contributed by atoms with E-state index in [1.165, 1.54) is 11.3 Å².